The summed E-state index contributed by atoms with van der Waals surface area (Å²) in [5, 5.41) is 0.546. The van der Waals surface area contributed by atoms with Crippen LogP contribution in [0.1, 0.15) is 23.9 Å². The third-order valence-corrected chi connectivity index (χ3v) is 4.16. The fourth-order valence-electron chi connectivity index (χ4n) is 2.78. The van der Waals surface area contributed by atoms with Gasteiger partial charge in [-0.05, 0) is 37.6 Å². The maximum Gasteiger partial charge on any atom is 0.258 e. The number of amides is 1. The smallest absolute Gasteiger partial charge is 0.258 e. The number of carbonyl (C=O) groups excluding carboxylic acids is 1. The van der Waals surface area contributed by atoms with Crippen LogP contribution in [0.15, 0.2) is 59.4 Å². The third kappa shape index (κ3) is 4.06. The van der Waals surface area contributed by atoms with E-state index in [-0.39, 0.29) is 18.0 Å². The SMILES string of the molecule is CCN(Cc1nc2ccccc2c(=O)[nH]1)C(=O)C=Cc1cccc(C)c1. The largest absolute Gasteiger partial charge is 0.332 e. The quantitative estimate of drug-likeness (QED) is 0.720. The molecule has 26 heavy (non-hydrogen) atoms. The molecular formula is C21H21N3O2. The summed E-state index contributed by atoms with van der Waals surface area (Å²) < 4.78 is 0. The number of hydrogen-bond donors (Lipinski definition) is 1. The Morgan fingerprint density at radius 1 is 1.19 bits per heavy atom. The van der Waals surface area contributed by atoms with Gasteiger partial charge in [0.15, 0.2) is 0 Å². The van der Waals surface area contributed by atoms with Gasteiger partial charge in [0.05, 0.1) is 17.4 Å². The Morgan fingerprint density at radius 3 is 2.77 bits per heavy atom. The van der Waals surface area contributed by atoms with Crippen molar-refractivity contribution in [3.63, 3.8) is 0 Å². The molecule has 0 radical (unpaired) electrons. The zero-order valence-corrected chi connectivity index (χ0v) is 14.9. The molecule has 0 spiro atoms. The van der Waals surface area contributed by atoms with Crippen molar-refractivity contribution < 1.29 is 4.79 Å². The first-order valence-electron chi connectivity index (χ1n) is 8.58. The van der Waals surface area contributed by atoms with Crippen molar-refractivity contribution in [1.29, 1.82) is 0 Å². The molecule has 1 aromatic heterocycles. The van der Waals surface area contributed by atoms with Crippen molar-refractivity contribution >= 4 is 22.9 Å². The van der Waals surface area contributed by atoms with Crippen LogP contribution in [0.3, 0.4) is 0 Å². The summed E-state index contributed by atoms with van der Waals surface area (Å²) in [6.07, 6.45) is 3.35. The molecule has 1 heterocycles. The molecule has 132 valence electrons. The van der Waals surface area contributed by atoms with Gasteiger partial charge >= 0.3 is 0 Å². The number of aromatic nitrogens is 2. The number of hydrogen-bond acceptors (Lipinski definition) is 3. The molecule has 2 aromatic carbocycles. The van der Waals surface area contributed by atoms with E-state index in [9.17, 15) is 9.59 Å². The zero-order chi connectivity index (χ0) is 18.5. The van der Waals surface area contributed by atoms with Crippen LogP contribution in [0.2, 0.25) is 0 Å². The highest BCUT2D eigenvalue weighted by Crippen LogP contribution is 2.09. The number of para-hydroxylation sites is 1. The number of aryl methyl sites for hydroxylation is 1. The monoisotopic (exact) mass is 347 g/mol. The first kappa shape index (κ1) is 17.6. The van der Waals surface area contributed by atoms with Crippen LogP contribution in [-0.2, 0) is 11.3 Å². The van der Waals surface area contributed by atoms with E-state index in [0.29, 0.717) is 23.3 Å². The lowest BCUT2D eigenvalue weighted by Gasteiger charge is -2.18. The highest BCUT2D eigenvalue weighted by atomic mass is 16.2. The van der Waals surface area contributed by atoms with E-state index in [4.69, 9.17) is 0 Å². The molecule has 0 bridgehead atoms. The number of H-pyrrole nitrogens is 1. The highest BCUT2D eigenvalue weighted by molar-refractivity contribution is 5.91. The third-order valence-electron chi connectivity index (χ3n) is 4.16. The second-order valence-electron chi connectivity index (χ2n) is 6.13. The molecule has 3 rings (SSSR count). The minimum atomic E-state index is -0.190. The molecule has 1 amide bonds. The molecule has 0 atom stereocenters. The first-order valence-corrected chi connectivity index (χ1v) is 8.58. The lowest BCUT2D eigenvalue weighted by atomic mass is 10.1. The Bertz CT molecular complexity index is 1020. The van der Waals surface area contributed by atoms with Crippen LogP contribution in [0, 0.1) is 6.92 Å². The van der Waals surface area contributed by atoms with Crippen LogP contribution in [0.4, 0.5) is 0 Å². The standard InChI is InChI=1S/C21H21N3O2/c1-3-24(20(25)12-11-16-8-6-7-15(2)13-16)14-19-22-18-10-5-4-9-17(18)21(26)23-19/h4-13H,3,14H2,1-2H3,(H,22,23,26). The average Bonchev–Trinajstić information content (AvgIpc) is 2.64. The zero-order valence-electron chi connectivity index (χ0n) is 14.9. The molecule has 0 fully saturated rings. The molecule has 0 aliphatic rings. The van der Waals surface area contributed by atoms with Gasteiger partial charge in [0, 0.05) is 12.6 Å². The van der Waals surface area contributed by atoms with E-state index in [1.54, 1.807) is 35.3 Å². The van der Waals surface area contributed by atoms with Gasteiger partial charge in [-0.2, -0.15) is 0 Å². The first-order chi connectivity index (χ1) is 12.6. The Morgan fingerprint density at radius 2 is 2.00 bits per heavy atom. The molecule has 3 aromatic rings. The van der Waals surface area contributed by atoms with E-state index in [1.807, 2.05) is 44.2 Å². The molecule has 5 heteroatoms. The molecule has 1 N–H and O–H groups in total. The fraction of sp³-hybridized carbons (Fsp3) is 0.190. The molecular weight excluding hydrogens is 326 g/mol. The Hall–Kier alpha value is -3.21. The molecule has 5 nitrogen and oxygen atoms in total. The lowest BCUT2D eigenvalue weighted by molar-refractivity contribution is -0.126. The Labute approximate surface area is 152 Å². The molecule has 0 aliphatic carbocycles. The predicted octanol–water partition coefficient (Wildman–Crippen LogP) is 3.29. The Kier molecular flexibility index (Phi) is 5.27. The second kappa shape index (κ2) is 7.78. The number of aromatic amines is 1. The van der Waals surface area contributed by atoms with E-state index in [1.165, 1.54) is 0 Å². The van der Waals surface area contributed by atoms with Crippen molar-refractivity contribution in [2.24, 2.45) is 0 Å². The van der Waals surface area contributed by atoms with Crippen LogP contribution in [0.25, 0.3) is 17.0 Å². The van der Waals surface area contributed by atoms with Crippen molar-refractivity contribution in [3.05, 3.63) is 81.9 Å². The second-order valence-corrected chi connectivity index (χ2v) is 6.13. The summed E-state index contributed by atoms with van der Waals surface area (Å²) in [6.45, 7) is 4.69. The molecule has 0 saturated heterocycles. The summed E-state index contributed by atoms with van der Waals surface area (Å²) in [5.74, 6) is 0.359. The van der Waals surface area contributed by atoms with Gasteiger partial charge in [-0.15, -0.1) is 0 Å². The topological polar surface area (TPSA) is 66.1 Å². The molecule has 0 unspecified atom stereocenters. The maximum absolute atomic E-state index is 12.5. The van der Waals surface area contributed by atoms with Gasteiger partial charge in [-0.3, -0.25) is 9.59 Å². The molecule has 0 saturated carbocycles. The molecule has 0 aliphatic heterocycles. The van der Waals surface area contributed by atoms with Gasteiger partial charge in [-0.1, -0.05) is 42.0 Å². The van der Waals surface area contributed by atoms with Gasteiger partial charge in [0.2, 0.25) is 5.91 Å². The average molecular weight is 347 g/mol. The lowest BCUT2D eigenvalue weighted by Crippen LogP contribution is -2.30. The van der Waals surface area contributed by atoms with Gasteiger partial charge < -0.3 is 9.88 Å². The number of likely N-dealkylation sites (N-methyl/N-ethyl adjacent to an activating group) is 1. The summed E-state index contributed by atoms with van der Waals surface area (Å²) in [5.41, 5.74) is 2.56. The number of nitrogens with zero attached hydrogens (tertiary/aromatic N) is 2. The predicted molar refractivity (Wildman–Crippen MR) is 104 cm³/mol. The normalized spacial score (nSPS) is 11.2. The van der Waals surface area contributed by atoms with Gasteiger partial charge in [0.1, 0.15) is 5.82 Å². The van der Waals surface area contributed by atoms with E-state index >= 15 is 0 Å². The summed E-state index contributed by atoms with van der Waals surface area (Å²) >= 11 is 0. The van der Waals surface area contributed by atoms with Crippen molar-refractivity contribution in [2.75, 3.05) is 6.54 Å². The van der Waals surface area contributed by atoms with E-state index in [0.717, 1.165) is 11.1 Å². The minimum Gasteiger partial charge on any atom is -0.332 e. The number of rotatable bonds is 5. The van der Waals surface area contributed by atoms with Crippen LogP contribution in [-0.4, -0.2) is 27.3 Å². The fourth-order valence-corrected chi connectivity index (χ4v) is 2.78. The number of fused-ring (bicyclic) bond motifs is 1. The summed E-state index contributed by atoms with van der Waals surface area (Å²) in [6, 6.07) is 15.1. The van der Waals surface area contributed by atoms with E-state index in [2.05, 4.69) is 9.97 Å². The highest BCUT2D eigenvalue weighted by Gasteiger charge is 2.12. The van der Waals surface area contributed by atoms with Gasteiger partial charge in [-0.25, -0.2) is 4.98 Å². The van der Waals surface area contributed by atoms with Crippen molar-refractivity contribution in [3.8, 4) is 0 Å². The number of nitrogens with one attached hydrogen (secondary N) is 1. The van der Waals surface area contributed by atoms with E-state index < -0.39 is 0 Å². The summed E-state index contributed by atoms with van der Waals surface area (Å²) in [7, 11) is 0. The Balaban J connectivity index is 1.78. The maximum atomic E-state index is 12.5. The van der Waals surface area contributed by atoms with Crippen molar-refractivity contribution in [2.45, 2.75) is 20.4 Å². The van der Waals surface area contributed by atoms with Crippen molar-refractivity contribution in [1.82, 2.24) is 14.9 Å². The minimum absolute atomic E-state index is 0.121. The van der Waals surface area contributed by atoms with Crippen LogP contribution >= 0.6 is 0 Å². The van der Waals surface area contributed by atoms with Gasteiger partial charge in [0.25, 0.3) is 5.56 Å². The van der Waals surface area contributed by atoms with Crippen LogP contribution < -0.4 is 5.56 Å². The number of carbonyl (C=O) groups is 1. The summed E-state index contributed by atoms with van der Waals surface area (Å²) in [4.78, 5) is 33.5. The van der Waals surface area contributed by atoms with Crippen LogP contribution in [0.5, 0.6) is 0 Å². The number of benzene rings is 2.